The first-order valence-electron chi connectivity index (χ1n) is 10.8. The number of anilines is 1. The number of aromatic nitrogens is 2. The van der Waals surface area contributed by atoms with Crippen LogP contribution in [0.4, 0.5) is 5.82 Å². The fourth-order valence-corrected chi connectivity index (χ4v) is 4.08. The Morgan fingerprint density at radius 2 is 1.75 bits per heavy atom. The van der Waals surface area contributed by atoms with Gasteiger partial charge in [0.1, 0.15) is 5.82 Å². The second kappa shape index (κ2) is 10.0. The van der Waals surface area contributed by atoms with E-state index in [-0.39, 0.29) is 17.9 Å². The molecule has 1 aliphatic rings. The molecule has 3 aromatic rings. The zero-order chi connectivity index (χ0) is 22.3. The van der Waals surface area contributed by atoms with Crippen LogP contribution in [0.15, 0.2) is 73.2 Å². The van der Waals surface area contributed by atoms with Crippen LogP contribution >= 0.6 is 0 Å². The molecule has 1 aromatic carbocycles. The van der Waals surface area contributed by atoms with Crippen molar-refractivity contribution in [1.29, 1.82) is 0 Å². The standard InChI is InChI=1S/C25H27N5O2/c26-24(31)21-6-7-23(28-17-21)30-14-10-20(11-15-30)25(32)29-22(19-8-12-27-13-9-19)16-18-4-2-1-3-5-18/h1-9,12-13,17,20,22H,10-11,14-16H2,(H2,26,31)(H,29,32). The predicted octanol–water partition coefficient (Wildman–Crippen LogP) is 2.89. The molecule has 2 aromatic heterocycles. The highest BCUT2D eigenvalue weighted by Gasteiger charge is 2.27. The van der Waals surface area contributed by atoms with Crippen molar-refractivity contribution in [2.75, 3.05) is 18.0 Å². The van der Waals surface area contributed by atoms with E-state index in [0.717, 1.165) is 43.7 Å². The number of rotatable bonds is 7. The van der Waals surface area contributed by atoms with Gasteiger partial charge in [-0.3, -0.25) is 14.6 Å². The third-order valence-electron chi connectivity index (χ3n) is 5.93. The maximum absolute atomic E-state index is 13.1. The predicted molar refractivity (Wildman–Crippen MR) is 123 cm³/mol. The van der Waals surface area contributed by atoms with Gasteiger partial charge < -0.3 is 16.0 Å². The Bertz CT molecular complexity index is 1030. The molecular weight excluding hydrogens is 402 g/mol. The second-order valence-electron chi connectivity index (χ2n) is 8.06. The number of nitrogens with one attached hydrogen (secondary N) is 1. The lowest BCUT2D eigenvalue weighted by Gasteiger charge is -2.33. The maximum Gasteiger partial charge on any atom is 0.250 e. The molecule has 0 saturated carbocycles. The quantitative estimate of drug-likeness (QED) is 0.601. The molecule has 1 atom stereocenters. The lowest BCUT2D eigenvalue weighted by atomic mass is 9.93. The van der Waals surface area contributed by atoms with Gasteiger partial charge in [0.2, 0.25) is 11.8 Å². The van der Waals surface area contributed by atoms with Crippen molar-refractivity contribution in [3.8, 4) is 0 Å². The van der Waals surface area contributed by atoms with Crippen molar-refractivity contribution in [3.05, 3.63) is 89.9 Å². The van der Waals surface area contributed by atoms with Gasteiger partial charge in [0.05, 0.1) is 11.6 Å². The molecule has 1 saturated heterocycles. The molecule has 3 heterocycles. The number of nitrogens with two attached hydrogens (primary N) is 1. The number of carbonyl (C=O) groups excluding carboxylic acids is 2. The van der Waals surface area contributed by atoms with Crippen LogP contribution in [-0.2, 0) is 11.2 Å². The molecule has 4 rings (SSSR count). The number of carbonyl (C=O) groups is 2. The molecular formula is C25H27N5O2. The smallest absolute Gasteiger partial charge is 0.250 e. The minimum atomic E-state index is -0.487. The van der Waals surface area contributed by atoms with Gasteiger partial charge in [0.15, 0.2) is 0 Å². The summed E-state index contributed by atoms with van der Waals surface area (Å²) in [5.74, 6) is 0.349. The van der Waals surface area contributed by atoms with Gasteiger partial charge in [-0.2, -0.15) is 0 Å². The molecule has 7 nitrogen and oxygen atoms in total. The number of benzene rings is 1. The Morgan fingerprint density at radius 3 is 2.38 bits per heavy atom. The Kier molecular flexibility index (Phi) is 6.75. The zero-order valence-corrected chi connectivity index (χ0v) is 17.9. The van der Waals surface area contributed by atoms with Crippen molar-refractivity contribution >= 4 is 17.6 Å². The monoisotopic (exact) mass is 429 g/mol. The third kappa shape index (κ3) is 5.29. The van der Waals surface area contributed by atoms with Gasteiger partial charge in [-0.1, -0.05) is 30.3 Å². The summed E-state index contributed by atoms with van der Waals surface area (Å²) in [6.45, 7) is 1.47. The first-order valence-corrected chi connectivity index (χ1v) is 10.8. The first kappa shape index (κ1) is 21.5. The summed E-state index contributed by atoms with van der Waals surface area (Å²) in [4.78, 5) is 34.9. The molecule has 0 aliphatic carbocycles. The van der Waals surface area contributed by atoms with Crippen molar-refractivity contribution in [1.82, 2.24) is 15.3 Å². The zero-order valence-electron chi connectivity index (χ0n) is 17.9. The molecule has 164 valence electrons. The van der Waals surface area contributed by atoms with Crippen LogP contribution in [0.25, 0.3) is 0 Å². The van der Waals surface area contributed by atoms with Gasteiger partial charge in [-0.05, 0) is 54.7 Å². The molecule has 3 N–H and O–H groups in total. The van der Waals surface area contributed by atoms with Gasteiger partial charge in [-0.25, -0.2) is 4.98 Å². The number of amides is 2. The number of pyridine rings is 2. The van der Waals surface area contributed by atoms with E-state index in [2.05, 4.69) is 32.3 Å². The Labute approximate surface area is 187 Å². The largest absolute Gasteiger partial charge is 0.366 e. The Morgan fingerprint density at radius 1 is 1.03 bits per heavy atom. The van der Waals surface area contributed by atoms with E-state index in [1.54, 1.807) is 24.5 Å². The van der Waals surface area contributed by atoms with E-state index in [1.165, 1.54) is 11.8 Å². The van der Waals surface area contributed by atoms with Crippen LogP contribution in [0.3, 0.4) is 0 Å². The van der Waals surface area contributed by atoms with Crippen LogP contribution in [0.1, 0.15) is 40.4 Å². The second-order valence-corrected chi connectivity index (χ2v) is 8.06. The van der Waals surface area contributed by atoms with Crippen molar-refractivity contribution in [2.24, 2.45) is 11.7 Å². The summed E-state index contributed by atoms with van der Waals surface area (Å²) < 4.78 is 0. The highest BCUT2D eigenvalue weighted by Crippen LogP contribution is 2.24. The summed E-state index contributed by atoms with van der Waals surface area (Å²) in [7, 11) is 0. The summed E-state index contributed by atoms with van der Waals surface area (Å²) >= 11 is 0. The fraction of sp³-hybridized carbons (Fsp3) is 0.280. The number of piperidine rings is 1. The van der Waals surface area contributed by atoms with Crippen molar-refractivity contribution < 1.29 is 9.59 Å². The summed E-state index contributed by atoms with van der Waals surface area (Å²) in [6.07, 6.45) is 7.24. The SMILES string of the molecule is NC(=O)c1ccc(N2CCC(C(=O)NC(Cc3ccccc3)c3ccncc3)CC2)nc1. The topological polar surface area (TPSA) is 101 Å². The number of nitrogens with zero attached hydrogens (tertiary/aromatic N) is 3. The fourth-order valence-electron chi connectivity index (χ4n) is 4.08. The molecule has 1 aliphatic heterocycles. The van der Waals surface area contributed by atoms with E-state index in [1.807, 2.05) is 30.3 Å². The van der Waals surface area contributed by atoms with E-state index >= 15 is 0 Å². The summed E-state index contributed by atoms with van der Waals surface area (Å²) in [5.41, 5.74) is 7.90. The first-order chi connectivity index (χ1) is 15.6. The summed E-state index contributed by atoms with van der Waals surface area (Å²) in [6, 6.07) is 17.5. The third-order valence-corrected chi connectivity index (χ3v) is 5.93. The van der Waals surface area contributed by atoms with Gasteiger partial charge >= 0.3 is 0 Å². The van der Waals surface area contributed by atoms with Crippen LogP contribution in [0.2, 0.25) is 0 Å². The minimum Gasteiger partial charge on any atom is -0.366 e. The van der Waals surface area contributed by atoms with Crippen LogP contribution in [0, 0.1) is 5.92 Å². The lowest BCUT2D eigenvalue weighted by Crippen LogP contribution is -2.42. The average Bonchev–Trinajstić information content (AvgIpc) is 2.85. The van der Waals surface area contributed by atoms with Crippen LogP contribution < -0.4 is 16.0 Å². The van der Waals surface area contributed by atoms with Crippen LogP contribution in [-0.4, -0.2) is 34.9 Å². The normalized spacial score (nSPS) is 15.2. The highest BCUT2D eigenvalue weighted by atomic mass is 16.2. The number of hydrogen-bond donors (Lipinski definition) is 2. The lowest BCUT2D eigenvalue weighted by molar-refractivity contribution is -0.126. The number of primary amides is 1. The van der Waals surface area contributed by atoms with E-state index in [9.17, 15) is 9.59 Å². The van der Waals surface area contributed by atoms with Crippen molar-refractivity contribution in [2.45, 2.75) is 25.3 Å². The molecule has 0 spiro atoms. The average molecular weight is 430 g/mol. The van der Waals surface area contributed by atoms with Crippen LogP contribution in [0.5, 0.6) is 0 Å². The Hall–Kier alpha value is -3.74. The summed E-state index contributed by atoms with van der Waals surface area (Å²) in [5, 5.41) is 3.27. The molecule has 1 fully saturated rings. The number of hydrogen-bond acceptors (Lipinski definition) is 5. The van der Waals surface area contributed by atoms with Gasteiger partial charge in [0, 0.05) is 37.6 Å². The molecule has 0 radical (unpaired) electrons. The van der Waals surface area contributed by atoms with E-state index in [0.29, 0.717) is 5.56 Å². The molecule has 1 unspecified atom stereocenters. The molecule has 7 heteroatoms. The van der Waals surface area contributed by atoms with Gasteiger partial charge in [-0.15, -0.1) is 0 Å². The van der Waals surface area contributed by atoms with E-state index < -0.39 is 5.91 Å². The Balaban J connectivity index is 1.38. The molecule has 2 amide bonds. The van der Waals surface area contributed by atoms with E-state index in [4.69, 9.17) is 5.73 Å². The minimum absolute atomic E-state index is 0.0451. The highest BCUT2D eigenvalue weighted by molar-refractivity contribution is 5.92. The molecule has 0 bridgehead atoms. The van der Waals surface area contributed by atoms with Crippen molar-refractivity contribution in [3.63, 3.8) is 0 Å². The van der Waals surface area contributed by atoms with Gasteiger partial charge in [0.25, 0.3) is 0 Å². The molecule has 32 heavy (non-hydrogen) atoms. The maximum atomic E-state index is 13.1.